The van der Waals surface area contributed by atoms with Crippen LogP contribution in [0.2, 0.25) is 0 Å². The molecule has 0 radical (unpaired) electrons. The van der Waals surface area contributed by atoms with Crippen molar-refractivity contribution in [2.75, 3.05) is 25.5 Å². The first kappa shape index (κ1) is 23.5. The smallest absolute Gasteiger partial charge is 0.268 e. The van der Waals surface area contributed by atoms with E-state index >= 15 is 0 Å². The van der Waals surface area contributed by atoms with Crippen LogP contribution in [0.5, 0.6) is 0 Å². The molecular formula is C26H29N5O3S. The highest BCUT2D eigenvalue weighted by atomic mass is 32.2. The Bertz CT molecular complexity index is 1430. The van der Waals surface area contributed by atoms with E-state index in [0.29, 0.717) is 22.7 Å². The van der Waals surface area contributed by atoms with Crippen molar-refractivity contribution in [3.63, 3.8) is 0 Å². The van der Waals surface area contributed by atoms with E-state index in [0.717, 1.165) is 36.9 Å². The summed E-state index contributed by atoms with van der Waals surface area (Å²) in [5.41, 5.74) is 2.75. The SMILES string of the molecule is COC(C)c1cnc(N[C@H]2CCCNC2)nc1-c1cn(S(=O)(=O)c2ccccc2)c2ccccc12. The fourth-order valence-electron chi connectivity index (χ4n) is 4.50. The second-order valence-electron chi connectivity index (χ2n) is 8.74. The predicted molar refractivity (Wildman–Crippen MR) is 137 cm³/mol. The maximum atomic E-state index is 13.6. The van der Waals surface area contributed by atoms with E-state index in [2.05, 4.69) is 15.6 Å². The maximum Gasteiger partial charge on any atom is 0.268 e. The van der Waals surface area contributed by atoms with E-state index in [4.69, 9.17) is 9.72 Å². The zero-order chi connectivity index (χ0) is 24.4. The van der Waals surface area contributed by atoms with Gasteiger partial charge < -0.3 is 15.4 Å². The number of rotatable bonds is 7. The number of hydrogen-bond donors (Lipinski definition) is 2. The standard InChI is InChI=1S/C26H29N5O3S/c1-18(34-2)22-16-28-26(29-19-9-8-14-27-15-19)30-25(22)23-17-31(24-13-7-6-12-21(23)24)35(32,33)20-10-4-3-5-11-20/h3-7,10-13,16-19,27H,8-9,14-15H2,1-2H3,(H,28,29,30)/t18?,19-/m0/s1. The van der Waals surface area contributed by atoms with Crippen molar-refractivity contribution in [1.82, 2.24) is 19.3 Å². The Morgan fingerprint density at radius 2 is 1.91 bits per heavy atom. The molecule has 0 bridgehead atoms. The zero-order valence-corrected chi connectivity index (χ0v) is 20.6. The van der Waals surface area contributed by atoms with Crippen molar-refractivity contribution in [2.45, 2.75) is 36.8 Å². The van der Waals surface area contributed by atoms with E-state index in [-0.39, 0.29) is 17.0 Å². The number of benzene rings is 2. The van der Waals surface area contributed by atoms with Gasteiger partial charge >= 0.3 is 0 Å². The minimum Gasteiger partial charge on any atom is -0.377 e. The maximum absolute atomic E-state index is 13.6. The van der Waals surface area contributed by atoms with E-state index in [1.54, 1.807) is 49.8 Å². The molecule has 1 aliphatic heterocycles. The van der Waals surface area contributed by atoms with Gasteiger partial charge in [0.05, 0.1) is 22.2 Å². The van der Waals surface area contributed by atoms with E-state index < -0.39 is 10.0 Å². The molecule has 0 aliphatic carbocycles. The number of piperidine rings is 1. The van der Waals surface area contributed by atoms with Crippen molar-refractivity contribution < 1.29 is 13.2 Å². The molecule has 2 N–H and O–H groups in total. The minimum absolute atomic E-state index is 0.229. The lowest BCUT2D eigenvalue weighted by Gasteiger charge is -2.24. The van der Waals surface area contributed by atoms with Gasteiger partial charge in [0.15, 0.2) is 0 Å². The predicted octanol–water partition coefficient (Wildman–Crippen LogP) is 4.21. The van der Waals surface area contributed by atoms with Crippen LogP contribution in [-0.4, -0.2) is 48.6 Å². The van der Waals surface area contributed by atoms with Gasteiger partial charge in [0.2, 0.25) is 5.95 Å². The Morgan fingerprint density at radius 1 is 1.14 bits per heavy atom. The fourth-order valence-corrected chi connectivity index (χ4v) is 5.89. The molecule has 35 heavy (non-hydrogen) atoms. The lowest BCUT2D eigenvalue weighted by Crippen LogP contribution is -2.38. The summed E-state index contributed by atoms with van der Waals surface area (Å²) in [7, 11) is -2.17. The summed E-state index contributed by atoms with van der Waals surface area (Å²) in [5.74, 6) is 0.517. The quantitative estimate of drug-likeness (QED) is 0.400. The first-order valence-electron chi connectivity index (χ1n) is 11.8. The number of fused-ring (bicyclic) bond motifs is 1. The summed E-state index contributed by atoms with van der Waals surface area (Å²) in [6.45, 7) is 3.80. The number of ether oxygens (including phenoxy) is 1. The van der Waals surface area contributed by atoms with Crippen molar-refractivity contribution in [3.05, 3.63) is 72.6 Å². The van der Waals surface area contributed by atoms with Crippen LogP contribution in [-0.2, 0) is 14.8 Å². The van der Waals surface area contributed by atoms with Crippen molar-refractivity contribution in [2.24, 2.45) is 0 Å². The van der Waals surface area contributed by atoms with Gasteiger partial charge in [0.1, 0.15) is 0 Å². The number of para-hydroxylation sites is 1. The molecule has 1 unspecified atom stereocenters. The molecule has 9 heteroatoms. The number of hydrogen-bond acceptors (Lipinski definition) is 7. The first-order valence-corrected chi connectivity index (χ1v) is 13.2. The van der Waals surface area contributed by atoms with Gasteiger partial charge in [0.25, 0.3) is 10.0 Å². The van der Waals surface area contributed by atoms with Gasteiger partial charge in [-0.25, -0.2) is 22.4 Å². The number of aromatic nitrogens is 3. The van der Waals surface area contributed by atoms with E-state index in [1.165, 1.54) is 3.97 Å². The van der Waals surface area contributed by atoms with Gasteiger partial charge in [0, 0.05) is 48.6 Å². The summed E-state index contributed by atoms with van der Waals surface area (Å²) >= 11 is 0. The normalized spacial score (nSPS) is 17.4. The Kier molecular flexibility index (Phi) is 6.55. The molecule has 8 nitrogen and oxygen atoms in total. The van der Waals surface area contributed by atoms with Crippen LogP contribution >= 0.6 is 0 Å². The van der Waals surface area contributed by atoms with Crippen LogP contribution in [0.3, 0.4) is 0 Å². The topological polar surface area (TPSA) is 98.1 Å². The zero-order valence-electron chi connectivity index (χ0n) is 19.8. The number of anilines is 1. The first-order chi connectivity index (χ1) is 17.0. The van der Waals surface area contributed by atoms with Crippen LogP contribution in [0.1, 0.15) is 31.4 Å². The molecule has 1 saturated heterocycles. The van der Waals surface area contributed by atoms with Crippen LogP contribution in [0, 0.1) is 0 Å². The van der Waals surface area contributed by atoms with Crippen molar-refractivity contribution >= 4 is 26.9 Å². The molecule has 0 spiro atoms. The molecule has 5 rings (SSSR count). The molecule has 2 aromatic heterocycles. The molecule has 2 aromatic carbocycles. The van der Waals surface area contributed by atoms with Crippen molar-refractivity contribution in [3.8, 4) is 11.3 Å². The molecule has 182 valence electrons. The number of nitrogens with one attached hydrogen (secondary N) is 2. The minimum atomic E-state index is -3.81. The highest BCUT2D eigenvalue weighted by molar-refractivity contribution is 7.90. The third-order valence-corrected chi connectivity index (χ3v) is 8.16. The summed E-state index contributed by atoms with van der Waals surface area (Å²) in [6.07, 6.45) is 5.29. The van der Waals surface area contributed by atoms with Crippen molar-refractivity contribution in [1.29, 1.82) is 0 Å². The van der Waals surface area contributed by atoms with Gasteiger partial charge in [-0.1, -0.05) is 36.4 Å². The van der Waals surface area contributed by atoms with E-state index in [9.17, 15) is 8.42 Å². The lowest BCUT2D eigenvalue weighted by molar-refractivity contribution is 0.119. The molecule has 4 aromatic rings. The van der Waals surface area contributed by atoms with Crippen LogP contribution in [0.25, 0.3) is 22.2 Å². The van der Waals surface area contributed by atoms with E-state index in [1.807, 2.05) is 31.2 Å². The lowest BCUT2D eigenvalue weighted by atomic mass is 10.0. The summed E-state index contributed by atoms with van der Waals surface area (Å²) < 4.78 is 34.1. The van der Waals surface area contributed by atoms with Crippen LogP contribution in [0.15, 0.2) is 71.9 Å². The Labute approximate surface area is 205 Å². The average Bonchev–Trinajstić information content (AvgIpc) is 3.30. The highest BCUT2D eigenvalue weighted by Gasteiger charge is 2.25. The Balaban J connectivity index is 1.67. The number of methoxy groups -OCH3 is 1. The monoisotopic (exact) mass is 491 g/mol. The molecule has 0 saturated carbocycles. The third kappa shape index (κ3) is 4.54. The molecule has 3 heterocycles. The molecule has 1 fully saturated rings. The summed E-state index contributed by atoms with van der Waals surface area (Å²) in [6, 6.07) is 16.2. The summed E-state index contributed by atoms with van der Waals surface area (Å²) in [5, 5.41) is 7.62. The van der Waals surface area contributed by atoms with Gasteiger partial charge in [-0.2, -0.15) is 0 Å². The second-order valence-corrected chi connectivity index (χ2v) is 10.6. The highest BCUT2D eigenvalue weighted by Crippen LogP contribution is 2.36. The molecule has 0 amide bonds. The third-order valence-electron chi connectivity index (χ3n) is 6.47. The average molecular weight is 492 g/mol. The van der Waals surface area contributed by atoms with Gasteiger partial charge in [-0.05, 0) is 44.5 Å². The largest absolute Gasteiger partial charge is 0.377 e. The molecule has 2 atom stereocenters. The van der Waals surface area contributed by atoms with Crippen LogP contribution < -0.4 is 10.6 Å². The number of nitrogens with zero attached hydrogens (tertiary/aromatic N) is 3. The Morgan fingerprint density at radius 3 is 2.66 bits per heavy atom. The second kappa shape index (κ2) is 9.77. The fraction of sp³-hybridized carbons (Fsp3) is 0.308. The summed E-state index contributed by atoms with van der Waals surface area (Å²) in [4.78, 5) is 9.67. The Hall–Kier alpha value is -3.27. The molecule has 1 aliphatic rings. The van der Waals surface area contributed by atoms with Gasteiger partial charge in [-0.15, -0.1) is 0 Å². The van der Waals surface area contributed by atoms with Gasteiger partial charge in [-0.3, -0.25) is 0 Å². The van der Waals surface area contributed by atoms with Crippen LogP contribution in [0.4, 0.5) is 5.95 Å². The molecular weight excluding hydrogens is 462 g/mol.